The van der Waals surface area contributed by atoms with E-state index in [2.05, 4.69) is 0 Å². The Hall–Kier alpha value is -0.805. The summed E-state index contributed by atoms with van der Waals surface area (Å²) in [5.41, 5.74) is -0.706. The number of carbonyl (C=O) groups excluding carboxylic acids is 1. The van der Waals surface area contributed by atoms with Crippen molar-refractivity contribution in [2.75, 3.05) is 7.11 Å². The lowest BCUT2D eigenvalue weighted by atomic mass is 9.73. The first-order chi connectivity index (χ1) is 7.73. The van der Waals surface area contributed by atoms with Crippen molar-refractivity contribution in [3.63, 3.8) is 0 Å². The first-order valence-corrected chi connectivity index (χ1v) is 5.80. The van der Waals surface area contributed by atoms with E-state index in [0.717, 1.165) is 0 Å². The van der Waals surface area contributed by atoms with E-state index in [0.29, 0.717) is 12.0 Å². The third-order valence-corrected chi connectivity index (χ3v) is 3.48. The highest BCUT2D eigenvalue weighted by molar-refractivity contribution is 6.48. The minimum atomic E-state index is -0.356. The van der Waals surface area contributed by atoms with Crippen molar-refractivity contribution in [2.45, 2.75) is 51.6 Å². The van der Waals surface area contributed by atoms with Crippen LogP contribution in [0.25, 0.3) is 0 Å². The van der Waals surface area contributed by atoms with Crippen molar-refractivity contribution < 1.29 is 18.8 Å². The molecule has 0 bridgehead atoms. The zero-order valence-corrected chi connectivity index (χ0v) is 11.4. The number of allylic oxidation sites excluding steroid dienone is 2. The maximum absolute atomic E-state index is 10.7. The van der Waals surface area contributed by atoms with Gasteiger partial charge in [0.05, 0.1) is 18.3 Å². The van der Waals surface area contributed by atoms with E-state index in [9.17, 15) is 4.79 Å². The summed E-state index contributed by atoms with van der Waals surface area (Å²) in [6.45, 7) is 9.94. The Labute approximate surface area is 103 Å². The number of ether oxygens (including phenoxy) is 1. The van der Waals surface area contributed by atoms with E-state index in [1.54, 1.807) is 6.08 Å². The van der Waals surface area contributed by atoms with Gasteiger partial charge in [0, 0.05) is 5.82 Å². The largest absolute Gasteiger partial charge is 0.494 e. The summed E-state index contributed by atoms with van der Waals surface area (Å²) in [6.07, 6.45) is 2.40. The monoisotopic (exact) mass is 240 g/mol. The van der Waals surface area contributed by atoms with Crippen LogP contribution >= 0.6 is 0 Å². The van der Waals surface area contributed by atoms with E-state index >= 15 is 0 Å². The van der Waals surface area contributed by atoms with Gasteiger partial charge in [-0.3, -0.25) is 4.79 Å². The zero-order valence-electron chi connectivity index (χ0n) is 11.4. The van der Waals surface area contributed by atoms with Gasteiger partial charge in [0.25, 0.3) is 0 Å². The molecular weight excluding hydrogens is 219 g/mol. The van der Waals surface area contributed by atoms with Gasteiger partial charge in [0.1, 0.15) is 0 Å². The van der Waals surface area contributed by atoms with E-state index in [1.165, 1.54) is 7.11 Å². The topological polar surface area (TPSA) is 44.8 Å². The maximum atomic E-state index is 10.7. The number of carbonyl (C=O) groups is 1. The Kier molecular flexibility index (Phi) is 4.04. The van der Waals surface area contributed by atoms with Crippen LogP contribution in [0.2, 0.25) is 5.82 Å². The Morgan fingerprint density at radius 1 is 1.24 bits per heavy atom. The average Bonchev–Trinajstić information content (AvgIpc) is 2.44. The van der Waals surface area contributed by atoms with Gasteiger partial charge in [-0.15, -0.1) is 0 Å². The lowest BCUT2D eigenvalue weighted by molar-refractivity contribution is -0.107. The molecule has 5 heteroatoms. The van der Waals surface area contributed by atoms with Crippen LogP contribution in [-0.2, 0) is 18.8 Å². The molecule has 0 aromatic carbocycles. The van der Waals surface area contributed by atoms with E-state index < -0.39 is 0 Å². The molecule has 4 nitrogen and oxygen atoms in total. The molecule has 1 atom stereocenters. The molecule has 1 aliphatic rings. The summed E-state index contributed by atoms with van der Waals surface area (Å²) in [7, 11) is 1.11. The number of hydrogen-bond donors (Lipinski definition) is 0. The fraction of sp³-hybridized carbons (Fsp3) is 0.750. The molecule has 1 heterocycles. The molecular formula is C12H21BO4. The van der Waals surface area contributed by atoms with E-state index in [-0.39, 0.29) is 24.1 Å². The molecule has 0 saturated carbocycles. The van der Waals surface area contributed by atoms with Crippen LogP contribution in [0.3, 0.4) is 0 Å². The summed E-state index contributed by atoms with van der Waals surface area (Å²) in [5.74, 6) is 0.253. The fourth-order valence-corrected chi connectivity index (χ4v) is 1.60. The first-order valence-electron chi connectivity index (χ1n) is 5.80. The van der Waals surface area contributed by atoms with Gasteiger partial charge < -0.3 is 14.0 Å². The van der Waals surface area contributed by atoms with Crippen molar-refractivity contribution >= 4 is 13.4 Å². The van der Waals surface area contributed by atoms with Crippen LogP contribution < -0.4 is 0 Å². The van der Waals surface area contributed by atoms with Crippen molar-refractivity contribution in [3.05, 3.63) is 11.8 Å². The minimum Gasteiger partial charge on any atom is -0.494 e. The molecule has 0 amide bonds. The van der Waals surface area contributed by atoms with Crippen LogP contribution in [0.4, 0.5) is 0 Å². The fourth-order valence-electron chi connectivity index (χ4n) is 1.60. The molecule has 17 heavy (non-hydrogen) atoms. The quantitative estimate of drug-likeness (QED) is 0.327. The van der Waals surface area contributed by atoms with Crippen molar-refractivity contribution in [3.8, 4) is 0 Å². The average molecular weight is 240 g/mol. The summed E-state index contributed by atoms with van der Waals surface area (Å²) in [4.78, 5) is 10.7. The predicted octanol–water partition coefficient (Wildman–Crippen LogP) is 2.20. The summed E-state index contributed by atoms with van der Waals surface area (Å²) in [5, 5.41) is 0. The second-order valence-electron chi connectivity index (χ2n) is 5.37. The molecule has 0 aromatic rings. The Morgan fingerprint density at radius 2 is 1.71 bits per heavy atom. The highest BCUT2D eigenvalue weighted by atomic mass is 16.7. The molecule has 0 radical (unpaired) electrons. The number of methoxy groups -OCH3 is 1. The summed E-state index contributed by atoms with van der Waals surface area (Å²) < 4.78 is 16.7. The molecule has 0 N–H and O–H groups in total. The Morgan fingerprint density at radius 3 is 2.06 bits per heavy atom. The van der Waals surface area contributed by atoms with Crippen LogP contribution in [0.1, 0.15) is 34.6 Å². The standard InChI is InChI=1S/C12H21BO4/c1-9(7-10(8-14)15-6)13-16-11(2,3)12(4,5)17-13/h7-9H,1-6H3/b10-7-. The molecule has 96 valence electrons. The molecule has 1 fully saturated rings. The second kappa shape index (κ2) is 4.82. The van der Waals surface area contributed by atoms with Crippen LogP contribution in [0.5, 0.6) is 0 Å². The SMILES string of the molecule is CO/C(C=O)=C\C(C)B1OC(C)(C)C(C)(C)O1. The highest BCUT2D eigenvalue weighted by Crippen LogP contribution is 2.40. The van der Waals surface area contributed by atoms with Crippen LogP contribution in [-0.4, -0.2) is 31.7 Å². The normalized spacial score (nSPS) is 24.6. The molecule has 0 aliphatic carbocycles. The number of aldehydes is 1. The molecule has 1 rings (SSSR count). The number of hydrogen-bond acceptors (Lipinski definition) is 4. The van der Waals surface area contributed by atoms with Crippen molar-refractivity contribution in [2.24, 2.45) is 0 Å². The Bertz CT molecular complexity index is 306. The van der Waals surface area contributed by atoms with Gasteiger partial charge in [-0.05, 0) is 33.8 Å². The lowest BCUT2D eigenvalue weighted by Gasteiger charge is -2.32. The minimum absolute atomic E-state index is 0.0452. The van der Waals surface area contributed by atoms with Crippen LogP contribution in [0, 0.1) is 0 Å². The number of rotatable bonds is 4. The van der Waals surface area contributed by atoms with E-state index in [4.69, 9.17) is 14.0 Å². The van der Waals surface area contributed by atoms with Gasteiger partial charge in [-0.1, -0.05) is 6.92 Å². The lowest BCUT2D eigenvalue weighted by Crippen LogP contribution is -2.41. The van der Waals surface area contributed by atoms with Gasteiger partial charge in [0.15, 0.2) is 12.0 Å². The highest BCUT2D eigenvalue weighted by Gasteiger charge is 2.52. The Balaban J connectivity index is 2.78. The maximum Gasteiger partial charge on any atom is 0.465 e. The first kappa shape index (κ1) is 14.3. The smallest absolute Gasteiger partial charge is 0.465 e. The summed E-state index contributed by atoms with van der Waals surface area (Å²) >= 11 is 0. The second-order valence-corrected chi connectivity index (χ2v) is 5.37. The van der Waals surface area contributed by atoms with E-state index in [1.807, 2.05) is 34.6 Å². The third kappa shape index (κ3) is 2.90. The van der Waals surface area contributed by atoms with Gasteiger partial charge in [0.2, 0.25) is 0 Å². The van der Waals surface area contributed by atoms with Crippen LogP contribution in [0.15, 0.2) is 11.8 Å². The van der Waals surface area contributed by atoms with Gasteiger partial charge in [-0.25, -0.2) is 0 Å². The van der Waals surface area contributed by atoms with Crippen molar-refractivity contribution in [1.29, 1.82) is 0 Å². The third-order valence-electron chi connectivity index (χ3n) is 3.48. The molecule has 1 unspecified atom stereocenters. The summed E-state index contributed by atoms with van der Waals surface area (Å²) in [6, 6.07) is 0. The molecule has 1 aliphatic heterocycles. The van der Waals surface area contributed by atoms with Gasteiger partial charge >= 0.3 is 7.12 Å². The molecule has 1 saturated heterocycles. The predicted molar refractivity (Wildman–Crippen MR) is 66.7 cm³/mol. The zero-order chi connectivity index (χ0) is 13.3. The van der Waals surface area contributed by atoms with Crippen molar-refractivity contribution in [1.82, 2.24) is 0 Å². The van der Waals surface area contributed by atoms with Gasteiger partial charge in [-0.2, -0.15) is 0 Å². The molecule has 0 spiro atoms. The molecule has 0 aromatic heterocycles.